The summed E-state index contributed by atoms with van der Waals surface area (Å²) in [6.45, 7) is 3.65. The van der Waals surface area contributed by atoms with Gasteiger partial charge in [-0.15, -0.1) is 0 Å². The first-order chi connectivity index (χ1) is 17.2. The lowest BCUT2D eigenvalue weighted by Crippen LogP contribution is -2.29. The molecule has 2 aromatic carbocycles. The Morgan fingerprint density at radius 2 is 1.34 bits per heavy atom. The molecule has 192 valence electrons. The van der Waals surface area contributed by atoms with Gasteiger partial charge in [0.2, 0.25) is 12.7 Å². The SMILES string of the molecule is CCCCCCCCCCCCCC(=O)N(Cc1ccc(OC)cc1)Cc1ccc2c(c1)OCO2. The van der Waals surface area contributed by atoms with E-state index in [4.69, 9.17) is 14.2 Å². The molecule has 35 heavy (non-hydrogen) atoms. The van der Waals surface area contributed by atoms with Crippen molar-refractivity contribution in [2.45, 2.75) is 97.1 Å². The van der Waals surface area contributed by atoms with Crippen LogP contribution in [-0.2, 0) is 17.9 Å². The molecule has 0 radical (unpaired) electrons. The van der Waals surface area contributed by atoms with Crippen molar-refractivity contribution >= 4 is 5.91 Å². The second-order valence-corrected chi connectivity index (χ2v) is 9.57. The van der Waals surface area contributed by atoms with Crippen molar-refractivity contribution in [3.8, 4) is 17.2 Å². The van der Waals surface area contributed by atoms with Crippen LogP contribution in [0.2, 0.25) is 0 Å². The van der Waals surface area contributed by atoms with Gasteiger partial charge in [-0.05, 0) is 41.8 Å². The van der Waals surface area contributed by atoms with E-state index in [9.17, 15) is 4.79 Å². The predicted octanol–water partition coefficient (Wildman–Crippen LogP) is 7.65. The van der Waals surface area contributed by atoms with Crippen molar-refractivity contribution in [3.05, 3.63) is 53.6 Å². The minimum absolute atomic E-state index is 0.203. The number of benzene rings is 2. The number of fused-ring (bicyclic) bond motifs is 1. The molecule has 0 saturated heterocycles. The first-order valence-electron chi connectivity index (χ1n) is 13.5. The van der Waals surface area contributed by atoms with Crippen molar-refractivity contribution < 1.29 is 19.0 Å². The molecule has 0 bridgehead atoms. The topological polar surface area (TPSA) is 48.0 Å². The monoisotopic (exact) mass is 481 g/mol. The standard InChI is InChI=1S/C30H43NO4/c1-3-4-5-6-7-8-9-10-11-12-13-14-30(32)31(22-25-15-18-27(33-2)19-16-25)23-26-17-20-28-29(21-26)35-24-34-28/h15-21H,3-14,22-24H2,1-2H3. The molecule has 1 amide bonds. The first-order valence-corrected chi connectivity index (χ1v) is 13.5. The molecule has 0 fully saturated rings. The zero-order chi connectivity index (χ0) is 24.7. The fraction of sp³-hybridized carbons (Fsp3) is 0.567. The molecule has 0 aliphatic carbocycles. The summed E-state index contributed by atoms with van der Waals surface area (Å²) in [4.78, 5) is 15.2. The van der Waals surface area contributed by atoms with Crippen molar-refractivity contribution in [3.63, 3.8) is 0 Å². The minimum atomic E-state index is 0.203. The summed E-state index contributed by atoms with van der Waals surface area (Å²) in [5.74, 6) is 2.55. The van der Waals surface area contributed by atoms with Gasteiger partial charge in [-0.1, -0.05) is 89.3 Å². The number of hydrogen-bond acceptors (Lipinski definition) is 4. The van der Waals surface area contributed by atoms with Crippen LogP contribution in [0.5, 0.6) is 17.2 Å². The Labute approximate surface area is 211 Å². The van der Waals surface area contributed by atoms with Crippen LogP contribution in [0.25, 0.3) is 0 Å². The van der Waals surface area contributed by atoms with Gasteiger partial charge in [0.1, 0.15) is 5.75 Å². The fourth-order valence-electron chi connectivity index (χ4n) is 4.54. The van der Waals surface area contributed by atoms with Crippen LogP contribution in [0.15, 0.2) is 42.5 Å². The molecule has 1 aliphatic heterocycles. The summed E-state index contributed by atoms with van der Waals surface area (Å²) in [6.07, 6.45) is 14.7. The van der Waals surface area contributed by atoms with Gasteiger partial charge in [0.15, 0.2) is 11.5 Å². The Bertz CT molecular complexity index is 880. The van der Waals surface area contributed by atoms with Crippen LogP contribution in [0, 0.1) is 0 Å². The predicted molar refractivity (Wildman–Crippen MR) is 141 cm³/mol. The Kier molecular flexibility index (Phi) is 11.8. The molecule has 0 aromatic heterocycles. The number of unbranched alkanes of at least 4 members (excludes halogenated alkanes) is 10. The number of carbonyl (C=O) groups is 1. The minimum Gasteiger partial charge on any atom is -0.497 e. The second kappa shape index (κ2) is 15.3. The van der Waals surface area contributed by atoms with Crippen molar-refractivity contribution in [2.24, 2.45) is 0 Å². The Balaban J connectivity index is 1.45. The average Bonchev–Trinajstić information content (AvgIpc) is 3.35. The van der Waals surface area contributed by atoms with Gasteiger partial charge in [-0.3, -0.25) is 4.79 Å². The number of amides is 1. The lowest BCUT2D eigenvalue weighted by molar-refractivity contribution is -0.132. The van der Waals surface area contributed by atoms with E-state index in [1.165, 1.54) is 57.8 Å². The molecule has 0 unspecified atom stereocenters. The van der Waals surface area contributed by atoms with E-state index < -0.39 is 0 Å². The summed E-state index contributed by atoms with van der Waals surface area (Å²) in [7, 11) is 1.66. The number of hydrogen-bond donors (Lipinski definition) is 0. The van der Waals surface area contributed by atoms with Crippen LogP contribution in [0.3, 0.4) is 0 Å². The highest BCUT2D eigenvalue weighted by molar-refractivity contribution is 5.76. The summed E-state index contributed by atoms with van der Waals surface area (Å²) >= 11 is 0. The highest BCUT2D eigenvalue weighted by Crippen LogP contribution is 2.33. The van der Waals surface area contributed by atoms with Gasteiger partial charge in [-0.2, -0.15) is 0 Å². The lowest BCUT2D eigenvalue weighted by atomic mass is 10.0. The van der Waals surface area contributed by atoms with E-state index in [-0.39, 0.29) is 12.7 Å². The van der Waals surface area contributed by atoms with Gasteiger partial charge < -0.3 is 19.1 Å². The maximum atomic E-state index is 13.2. The van der Waals surface area contributed by atoms with Crippen LogP contribution in [0.1, 0.15) is 95.1 Å². The Hall–Kier alpha value is -2.69. The largest absolute Gasteiger partial charge is 0.497 e. The molecule has 1 heterocycles. The van der Waals surface area contributed by atoms with E-state index in [0.29, 0.717) is 19.5 Å². The van der Waals surface area contributed by atoms with E-state index in [1.807, 2.05) is 47.4 Å². The van der Waals surface area contributed by atoms with Crippen LogP contribution in [0.4, 0.5) is 0 Å². The van der Waals surface area contributed by atoms with Crippen LogP contribution in [-0.4, -0.2) is 24.7 Å². The smallest absolute Gasteiger partial charge is 0.231 e. The number of carbonyl (C=O) groups excluding carboxylic acids is 1. The highest BCUT2D eigenvalue weighted by Gasteiger charge is 2.18. The summed E-state index contributed by atoms with van der Waals surface area (Å²) in [6, 6.07) is 13.9. The number of methoxy groups -OCH3 is 1. The van der Waals surface area contributed by atoms with E-state index >= 15 is 0 Å². The van der Waals surface area contributed by atoms with Gasteiger partial charge in [0.25, 0.3) is 0 Å². The van der Waals surface area contributed by atoms with Gasteiger partial charge in [0, 0.05) is 19.5 Å². The molecular formula is C30H43NO4. The zero-order valence-corrected chi connectivity index (χ0v) is 21.7. The van der Waals surface area contributed by atoms with E-state index in [0.717, 1.165) is 41.2 Å². The van der Waals surface area contributed by atoms with Crippen molar-refractivity contribution in [1.29, 1.82) is 0 Å². The Morgan fingerprint density at radius 1 is 0.771 bits per heavy atom. The number of ether oxygens (including phenoxy) is 3. The van der Waals surface area contributed by atoms with E-state index in [1.54, 1.807) is 7.11 Å². The summed E-state index contributed by atoms with van der Waals surface area (Å²) in [5.41, 5.74) is 2.15. The molecule has 5 heteroatoms. The van der Waals surface area contributed by atoms with Crippen molar-refractivity contribution in [1.82, 2.24) is 4.90 Å². The maximum Gasteiger partial charge on any atom is 0.231 e. The number of rotatable bonds is 17. The molecular weight excluding hydrogens is 438 g/mol. The quantitative estimate of drug-likeness (QED) is 0.218. The van der Waals surface area contributed by atoms with Crippen molar-refractivity contribution in [2.75, 3.05) is 13.9 Å². The fourth-order valence-corrected chi connectivity index (χ4v) is 4.54. The molecule has 0 N–H and O–H groups in total. The van der Waals surface area contributed by atoms with E-state index in [2.05, 4.69) is 6.92 Å². The normalized spacial score (nSPS) is 12.1. The Morgan fingerprint density at radius 3 is 2.00 bits per heavy atom. The van der Waals surface area contributed by atoms with Gasteiger partial charge >= 0.3 is 0 Å². The molecule has 0 saturated carbocycles. The summed E-state index contributed by atoms with van der Waals surface area (Å²) in [5, 5.41) is 0. The third-order valence-corrected chi connectivity index (χ3v) is 6.69. The molecule has 0 spiro atoms. The highest BCUT2D eigenvalue weighted by atomic mass is 16.7. The lowest BCUT2D eigenvalue weighted by Gasteiger charge is -2.23. The van der Waals surface area contributed by atoms with Crippen LogP contribution < -0.4 is 14.2 Å². The average molecular weight is 482 g/mol. The number of nitrogens with zero attached hydrogens (tertiary/aromatic N) is 1. The zero-order valence-electron chi connectivity index (χ0n) is 21.7. The third-order valence-electron chi connectivity index (χ3n) is 6.69. The maximum absolute atomic E-state index is 13.2. The molecule has 0 atom stereocenters. The third kappa shape index (κ3) is 9.46. The van der Waals surface area contributed by atoms with Crippen LogP contribution >= 0.6 is 0 Å². The second-order valence-electron chi connectivity index (χ2n) is 9.57. The summed E-state index contributed by atoms with van der Waals surface area (Å²) < 4.78 is 16.2. The van der Waals surface area contributed by atoms with Gasteiger partial charge in [0.05, 0.1) is 7.11 Å². The first kappa shape index (κ1) is 26.9. The molecule has 5 nitrogen and oxygen atoms in total. The molecule has 3 rings (SSSR count). The van der Waals surface area contributed by atoms with Gasteiger partial charge in [-0.25, -0.2) is 0 Å². The molecule has 1 aliphatic rings. The molecule has 2 aromatic rings.